The number of halogens is 1. The molecule has 6 nitrogen and oxygen atoms in total. The van der Waals surface area contributed by atoms with E-state index in [1.807, 2.05) is 30.3 Å². The van der Waals surface area contributed by atoms with Gasteiger partial charge in [-0.1, -0.05) is 19.1 Å². The predicted molar refractivity (Wildman–Crippen MR) is 109 cm³/mol. The number of thiocarbonyl (C=S) groups is 1. The molecule has 1 unspecified atom stereocenters. The molecule has 0 aliphatic carbocycles. The van der Waals surface area contributed by atoms with Crippen molar-refractivity contribution in [2.45, 2.75) is 19.4 Å². The largest absolute Gasteiger partial charge is 0.480 e. The van der Waals surface area contributed by atoms with E-state index in [-0.39, 0.29) is 17.2 Å². The number of carboxylic acid groups (broad SMARTS) is 1. The van der Waals surface area contributed by atoms with Crippen LogP contribution in [0.1, 0.15) is 19.1 Å². The summed E-state index contributed by atoms with van der Waals surface area (Å²) in [7, 11) is 0. The molecule has 2 heterocycles. The Balaban J connectivity index is 1.86. The van der Waals surface area contributed by atoms with Crippen molar-refractivity contribution in [1.29, 1.82) is 0 Å². The SMILES string of the molecule is CCC(C(=O)O)N1C(=O)/C(=C/c2ccc(-c3cccc(I)c3)o2)NC1=S. The molecule has 134 valence electrons. The molecule has 1 saturated heterocycles. The van der Waals surface area contributed by atoms with Gasteiger partial charge in [0.2, 0.25) is 0 Å². The molecule has 8 heteroatoms. The number of amides is 1. The highest BCUT2D eigenvalue weighted by atomic mass is 127. The number of rotatable bonds is 5. The molecule has 1 fully saturated rings. The van der Waals surface area contributed by atoms with Crippen LogP contribution in [0.2, 0.25) is 0 Å². The summed E-state index contributed by atoms with van der Waals surface area (Å²) in [5.74, 6) is -0.415. The summed E-state index contributed by atoms with van der Waals surface area (Å²) in [5, 5.41) is 12.1. The first-order valence-electron chi connectivity index (χ1n) is 7.85. The lowest BCUT2D eigenvalue weighted by Gasteiger charge is -2.20. The molecular weight excluding hydrogens is 467 g/mol. The van der Waals surface area contributed by atoms with E-state index in [4.69, 9.17) is 16.6 Å². The first kappa shape index (κ1) is 18.6. The number of nitrogens with one attached hydrogen (secondary N) is 1. The van der Waals surface area contributed by atoms with E-state index in [1.54, 1.807) is 13.0 Å². The van der Waals surface area contributed by atoms with Gasteiger partial charge in [-0.15, -0.1) is 0 Å². The molecule has 2 aromatic rings. The third-order valence-electron chi connectivity index (χ3n) is 3.92. The molecule has 0 radical (unpaired) electrons. The average molecular weight is 482 g/mol. The number of carbonyl (C=O) groups is 2. The summed E-state index contributed by atoms with van der Waals surface area (Å²) < 4.78 is 6.88. The maximum absolute atomic E-state index is 12.5. The van der Waals surface area contributed by atoms with E-state index >= 15 is 0 Å². The molecule has 0 saturated carbocycles. The summed E-state index contributed by atoms with van der Waals surface area (Å²) in [6, 6.07) is 10.4. The Bertz CT molecular complexity index is 921. The standard InChI is InChI=1S/C18H15IN2O4S/c1-2-14(17(23)24)21-16(22)13(20-18(21)26)9-12-6-7-15(25-12)10-4-3-5-11(19)8-10/h3-9,14H,2H2,1H3,(H,20,26)(H,23,24)/b13-9-. The molecule has 1 aromatic carbocycles. The number of aliphatic carboxylic acids is 1. The van der Waals surface area contributed by atoms with Crippen molar-refractivity contribution in [3.8, 4) is 11.3 Å². The fourth-order valence-corrected chi connectivity index (χ4v) is 3.53. The lowest BCUT2D eigenvalue weighted by Crippen LogP contribution is -2.44. The third-order valence-corrected chi connectivity index (χ3v) is 4.89. The first-order chi connectivity index (χ1) is 12.4. The maximum Gasteiger partial charge on any atom is 0.326 e. The van der Waals surface area contributed by atoms with Crippen molar-refractivity contribution in [1.82, 2.24) is 10.2 Å². The van der Waals surface area contributed by atoms with Crippen LogP contribution in [0, 0.1) is 3.57 Å². The van der Waals surface area contributed by atoms with E-state index in [1.165, 1.54) is 6.08 Å². The topological polar surface area (TPSA) is 82.8 Å². The normalized spacial score (nSPS) is 16.8. The zero-order valence-corrected chi connectivity index (χ0v) is 16.7. The Morgan fingerprint density at radius 3 is 2.85 bits per heavy atom. The van der Waals surface area contributed by atoms with Crippen LogP contribution in [0.5, 0.6) is 0 Å². The summed E-state index contributed by atoms with van der Waals surface area (Å²) in [5.41, 5.74) is 1.12. The number of carbonyl (C=O) groups excluding carboxylic acids is 1. The number of benzene rings is 1. The molecule has 26 heavy (non-hydrogen) atoms. The number of hydrogen-bond donors (Lipinski definition) is 2. The summed E-state index contributed by atoms with van der Waals surface area (Å²) in [6.45, 7) is 1.69. The van der Waals surface area contributed by atoms with Gasteiger partial charge in [0, 0.05) is 15.2 Å². The van der Waals surface area contributed by atoms with Gasteiger partial charge in [-0.05, 0) is 65.5 Å². The molecule has 1 atom stereocenters. The van der Waals surface area contributed by atoms with Crippen LogP contribution >= 0.6 is 34.8 Å². The number of carboxylic acids is 1. The highest BCUT2D eigenvalue weighted by molar-refractivity contribution is 14.1. The van der Waals surface area contributed by atoms with Crippen molar-refractivity contribution in [3.63, 3.8) is 0 Å². The van der Waals surface area contributed by atoms with E-state index in [0.717, 1.165) is 14.0 Å². The molecule has 1 aliphatic heterocycles. The number of nitrogens with zero attached hydrogens (tertiary/aromatic N) is 1. The van der Waals surface area contributed by atoms with Crippen LogP contribution in [-0.4, -0.2) is 33.0 Å². The summed E-state index contributed by atoms with van der Waals surface area (Å²) >= 11 is 7.35. The summed E-state index contributed by atoms with van der Waals surface area (Å²) in [6.07, 6.45) is 1.79. The van der Waals surface area contributed by atoms with Crippen molar-refractivity contribution in [3.05, 3.63) is 51.4 Å². The van der Waals surface area contributed by atoms with Gasteiger partial charge < -0.3 is 14.8 Å². The Kier molecular flexibility index (Phi) is 5.42. The minimum atomic E-state index is -1.09. The molecule has 0 spiro atoms. The maximum atomic E-state index is 12.5. The van der Waals surface area contributed by atoms with Gasteiger partial charge in [-0.25, -0.2) is 4.79 Å². The molecule has 1 amide bonds. The molecule has 1 aromatic heterocycles. The van der Waals surface area contributed by atoms with Crippen LogP contribution in [-0.2, 0) is 9.59 Å². The Hall–Kier alpha value is -2.20. The molecular formula is C18H15IN2O4S. The number of hydrogen-bond acceptors (Lipinski definition) is 4. The van der Waals surface area contributed by atoms with Gasteiger partial charge >= 0.3 is 5.97 Å². The van der Waals surface area contributed by atoms with Gasteiger partial charge in [0.1, 0.15) is 23.3 Å². The monoisotopic (exact) mass is 482 g/mol. The van der Waals surface area contributed by atoms with Crippen molar-refractivity contribution in [2.75, 3.05) is 0 Å². The Morgan fingerprint density at radius 1 is 1.42 bits per heavy atom. The van der Waals surface area contributed by atoms with Gasteiger partial charge in [0.05, 0.1) is 0 Å². The zero-order valence-electron chi connectivity index (χ0n) is 13.7. The first-order valence-corrected chi connectivity index (χ1v) is 9.34. The van der Waals surface area contributed by atoms with E-state index in [0.29, 0.717) is 11.5 Å². The summed E-state index contributed by atoms with van der Waals surface area (Å²) in [4.78, 5) is 25.0. The number of furan rings is 1. The van der Waals surface area contributed by atoms with Gasteiger partial charge in [0.15, 0.2) is 5.11 Å². The van der Waals surface area contributed by atoms with Crippen LogP contribution in [0.15, 0.2) is 46.5 Å². The fourth-order valence-electron chi connectivity index (χ4n) is 2.67. The molecule has 0 bridgehead atoms. The predicted octanol–water partition coefficient (Wildman–Crippen LogP) is 3.47. The molecule has 3 rings (SSSR count). The fraction of sp³-hybridized carbons (Fsp3) is 0.167. The minimum absolute atomic E-state index is 0.0832. The molecule has 1 aliphatic rings. The Labute approximate surface area is 169 Å². The second-order valence-electron chi connectivity index (χ2n) is 5.64. The van der Waals surface area contributed by atoms with E-state index in [9.17, 15) is 14.7 Å². The van der Waals surface area contributed by atoms with Crippen LogP contribution < -0.4 is 5.32 Å². The van der Waals surface area contributed by atoms with Crippen LogP contribution in [0.4, 0.5) is 0 Å². The van der Waals surface area contributed by atoms with E-state index < -0.39 is 17.9 Å². The lowest BCUT2D eigenvalue weighted by molar-refractivity contribution is -0.145. The van der Waals surface area contributed by atoms with Gasteiger partial charge in [-0.2, -0.15) is 0 Å². The highest BCUT2D eigenvalue weighted by Gasteiger charge is 2.38. The lowest BCUT2D eigenvalue weighted by atomic mass is 10.2. The second kappa shape index (κ2) is 7.58. The highest BCUT2D eigenvalue weighted by Crippen LogP contribution is 2.26. The van der Waals surface area contributed by atoms with Crippen molar-refractivity contribution in [2.24, 2.45) is 0 Å². The smallest absolute Gasteiger partial charge is 0.326 e. The Morgan fingerprint density at radius 2 is 2.19 bits per heavy atom. The van der Waals surface area contributed by atoms with Gasteiger partial charge in [0.25, 0.3) is 5.91 Å². The third kappa shape index (κ3) is 3.65. The van der Waals surface area contributed by atoms with Crippen molar-refractivity contribution >= 4 is 57.9 Å². The van der Waals surface area contributed by atoms with E-state index in [2.05, 4.69) is 27.9 Å². The quantitative estimate of drug-likeness (QED) is 0.386. The molecule has 2 N–H and O–H groups in total. The van der Waals surface area contributed by atoms with Crippen LogP contribution in [0.25, 0.3) is 17.4 Å². The second-order valence-corrected chi connectivity index (χ2v) is 7.27. The average Bonchev–Trinajstić information content (AvgIpc) is 3.16. The van der Waals surface area contributed by atoms with Crippen LogP contribution in [0.3, 0.4) is 0 Å². The van der Waals surface area contributed by atoms with Gasteiger partial charge in [-0.3, -0.25) is 9.69 Å². The van der Waals surface area contributed by atoms with Crippen molar-refractivity contribution < 1.29 is 19.1 Å². The minimum Gasteiger partial charge on any atom is -0.480 e. The zero-order chi connectivity index (χ0) is 18.8.